The van der Waals surface area contributed by atoms with Gasteiger partial charge in [0.05, 0.1) is 0 Å². The molecule has 0 radical (unpaired) electrons. The molecule has 3 atom stereocenters. The van der Waals surface area contributed by atoms with Gasteiger partial charge in [0.15, 0.2) is 0 Å². The number of hydrogen-bond acceptors (Lipinski definition) is 2. The smallest absolute Gasteiger partial charge is 0.226 e. The summed E-state index contributed by atoms with van der Waals surface area (Å²) in [6, 6.07) is 0. The molecule has 0 aromatic carbocycles. The van der Waals surface area contributed by atoms with Crippen molar-refractivity contribution < 1.29 is 4.79 Å². The van der Waals surface area contributed by atoms with E-state index in [-0.39, 0.29) is 11.3 Å². The van der Waals surface area contributed by atoms with Gasteiger partial charge in [-0.2, -0.15) is 0 Å². The summed E-state index contributed by atoms with van der Waals surface area (Å²) in [6.45, 7) is 9.05. The zero-order valence-corrected chi connectivity index (χ0v) is 10.8. The van der Waals surface area contributed by atoms with E-state index in [0.717, 1.165) is 32.4 Å². The molecule has 3 heteroatoms. The van der Waals surface area contributed by atoms with Crippen LogP contribution in [0.3, 0.4) is 0 Å². The maximum atomic E-state index is 12.3. The Hall–Kier alpha value is -0.570. The Balaban J connectivity index is 1.94. The molecule has 1 saturated heterocycles. The molecular formula is C13H24N2O. The number of carbonyl (C=O) groups excluding carboxylic acids is 1. The number of nitrogens with two attached hydrogens (primary N) is 1. The molecule has 0 aromatic rings. The number of hydrogen-bond donors (Lipinski definition) is 1. The minimum atomic E-state index is 0.160. The highest BCUT2D eigenvalue weighted by Crippen LogP contribution is 2.55. The van der Waals surface area contributed by atoms with Gasteiger partial charge in [-0.05, 0) is 36.6 Å². The number of amides is 1. The lowest BCUT2D eigenvalue weighted by atomic mass is 9.90. The molecule has 92 valence electrons. The fraction of sp³-hybridized carbons (Fsp3) is 0.923. The van der Waals surface area contributed by atoms with Gasteiger partial charge in [0.2, 0.25) is 5.91 Å². The molecule has 2 N–H and O–H groups in total. The third kappa shape index (κ3) is 1.86. The van der Waals surface area contributed by atoms with Crippen molar-refractivity contribution in [2.24, 2.45) is 22.5 Å². The fourth-order valence-electron chi connectivity index (χ4n) is 2.78. The van der Waals surface area contributed by atoms with E-state index in [2.05, 4.69) is 20.8 Å². The van der Waals surface area contributed by atoms with Crippen molar-refractivity contribution in [3.63, 3.8) is 0 Å². The SMILES string of the molecule is CCC1(C)CC1C(=O)N1CCC(C)(CN)C1. The van der Waals surface area contributed by atoms with Crippen LogP contribution in [0.2, 0.25) is 0 Å². The maximum absolute atomic E-state index is 12.3. The Morgan fingerprint density at radius 1 is 1.50 bits per heavy atom. The van der Waals surface area contributed by atoms with E-state index in [1.54, 1.807) is 0 Å². The van der Waals surface area contributed by atoms with Crippen molar-refractivity contribution in [3.05, 3.63) is 0 Å². The van der Waals surface area contributed by atoms with Crippen LogP contribution in [0.15, 0.2) is 0 Å². The van der Waals surface area contributed by atoms with Crippen molar-refractivity contribution in [2.45, 2.75) is 40.0 Å². The first-order valence-corrected chi connectivity index (χ1v) is 6.43. The number of nitrogens with zero attached hydrogens (tertiary/aromatic N) is 1. The number of carbonyl (C=O) groups is 1. The molecule has 2 rings (SSSR count). The van der Waals surface area contributed by atoms with Crippen LogP contribution in [0.4, 0.5) is 0 Å². The third-order valence-corrected chi connectivity index (χ3v) is 4.82. The normalized spacial score (nSPS) is 42.5. The summed E-state index contributed by atoms with van der Waals surface area (Å²) in [5.74, 6) is 0.666. The molecule has 1 saturated carbocycles. The molecule has 16 heavy (non-hydrogen) atoms. The molecule has 1 aliphatic heterocycles. The molecule has 1 aliphatic carbocycles. The topological polar surface area (TPSA) is 46.3 Å². The van der Waals surface area contributed by atoms with Crippen molar-refractivity contribution in [3.8, 4) is 0 Å². The molecular weight excluding hydrogens is 200 g/mol. The van der Waals surface area contributed by atoms with Crippen LogP contribution in [-0.2, 0) is 4.79 Å². The van der Waals surface area contributed by atoms with Crippen LogP contribution >= 0.6 is 0 Å². The van der Waals surface area contributed by atoms with Gasteiger partial charge >= 0.3 is 0 Å². The lowest BCUT2D eigenvalue weighted by Crippen LogP contribution is -2.36. The average Bonchev–Trinajstić information content (AvgIpc) is 2.80. The zero-order valence-electron chi connectivity index (χ0n) is 10.8. The van der Waals surface area contributed by atoms with Crippen LogP contribution in [0.5, 0.6) is 0 Å². The van der Waals surface area contributed by atoms with Gasteiger partial charge in [0, 0.05) is 19.0 Å². The predicted octanol–water partition coefficient (Wildman–Crippen LogP) is 1.62. The first kappa shape index (κ1) is 11.9. The fourth-order valence-corrected chi connectivity index (χ4v) is 2.78. The van der Waals surface area contributed by atoms with E-state index in [1.807, 2.05) is 4.90 Å². The molecule has 0 spiro atoms. The van der Waals surface area contributed by atoms with Gasteiger partial charge in [-0.15, -0.1) is 0 Å². The third-order valence-electron chi connectivity index (χ3n) is 4.82. The molecule has 3 unspecified atom stereocenters. The first-order chi connectivity index (χ1) is 7.44. The monoisotopic (exact) mass is 224 g/mol. The van der Waals surface area contributed by atoms with Gasteiger partial charge in [0.25, 0.3) is 0 Å². The predicted molar refractivity (Wildman–Crippen MR) is 64.9 cm³/mol. The highest BCUT2D eigenvalue weighted by Gasteiger charge is 2.55. The molecule has 2 fully saturated rings. The van der Waals surface area contributed by atoms with Crippen molar-refractivity contribution >= 4 is 5.91 Å². The van der Waals surface area contributed by atoms with Gasteiger partial charge < -0.3 is 10.6 Å². The van der Waals surface area contributed by atoms with Gasteiger partial charge in [-0.25, -0.2) is 0 Å². The lowest BCUT2D eigenvalue weighted by Gasteiger charge is -2.23. The summed E-state index contributed by atoms with van der Waals surface area (Å²) in [5.41, 5.74) is 6.21. The van der Waals surface area contributed by atoms with Gasteiger partial charge in [-0.3, -0.25) is 4.79 Å². The number of likely N-dealkylation sites (tertiary alicyclic amines) is 1. The second-order valence-corrected chi connectivity index (χ2v) is 6.29. The summed E-state index contributed by atoms with van der Waals surface area (Å²) in [6.07, 6.45) is 3.26. The summed E-state index contributed by atoms with van der Waals surface area (Å²) in [4.78, 5) is 14.3. The summed E-state index contributed by atoms with van der Waals surface area (Å²) in [5, 5.41) is 0. The highest BCUT2D eigenvalue weighted by molar-refractivity contribution is 5.83. The molecule has 1 amide bonds. The lowest BCUT2D eigenvalue weighted by molar-refractivity contribution is -0.132. The van der Waals surface area contributed by atoms with E-state index >= 15 is 0 Å². The molecule has 3 nitrogen and oxygen atoms in total. The summed E-state index contributed by atoms with van der Waals surface area (Å²) in [7, 11) is 0. The van der Waals surface area contributed by atoms with E-state index in [1.165, 1.54) is 0 Å². The molecule has 0 aromatic heterocycles. The first-order valence-electron chi connectivity index (χ1n) is 6.43. The summed E-state index contributed by atoms with van der Waals surface area (Å²) >= 11 is 0. The van der Waals surface area contributed by atoms with E-state index in [0.29, 0.717) is 17.9 Å². The van der Waals surface area contributed by atoms with E-state index in [9.17, 15) is 4.79 Å². The van der Waals surface area contributed by atoms with Crippen molar-refractivity contribution in [1.82, 2.24) is 4.90 Å². The average molecular weight is 224 g/mol. The van der Waals surface area contributed by atoms with Crippen LogP contribution in [0, 0.1) is 16.7 Å². The van der Waals surface area contributed by atoms with Crippen molar-refractivity contribution in [1.29, 1.82) is 0 Å². The second-order valence-electron chi connectivity index (χ2n) is 6.29. The van der Waals surface area contributed by atoms with Crippen molar-refractivity contribution in [2.75, 3.05) is 19.6 Å². The molecule has 2 aliphatic rings. The minimum Gasteiger partial charge on any atom is -0.342 e. The highest BCUT2D eigenvalue weighted by atomic mass is 16.2. The zero-order chi connectivity index (χ0) is 12.0. The van der Waals surface area contributed by atoms with E-state index < -0.39 is 0 Å². The second kappa shape index (κ2) is 3.73. The summed E-state index contributed by atoms with van der Waals surface area (Å²) < 4.78 is 0. The number of rotatable bonds is 3. The Labute approximate surface area is 98.4 Å². The van der Waals surface area contributed by atoms with E-state index in [4.69, 9.17) is 5.73 Å². The van der Waals surface area contributed by atoms with Gasteiger partial charge in [0.1, 0.15) is 0 Å². The molecule has 0 bridgehead atoms. The van der Waals surface area contributed by atoms with Crippen LogP contribution in [0.1, 0.15) is 40.0 Å². The van der Waals surface area contributed by atoms with Crippen LogP contribution in [0.25, 0.3) is 0 Å². The quantitative estimate of drug-likeness (QED) is 0.792. The Morgan fingerprint density at radius 2 is 2.19 bits per heavy atom. The van der Waals surface area contributed by atoms with Gasteiger partial charge in [-0.1, -0.05) is 20.8 Å². The minimum absolute atomic E-state index is 0.160. The Bertz CT molecular complexity index is 304. The van der Waals surface area contributed by atoms with Crippen LogP contribution in [-0.4, -0.2) is 30.4 Å². The Morgan fingerprint density at radius 3 is 2.62 bits per heavy atom. The van der Waals surface area contributed by atoms with Crippen LogP contribution < -0.4 is 5.73 Å². The maximum Gasteiger partial charge on any atom is 0.226 e. The largest absolute Gasteiger partial charge is 0.342 e. The Kier molecular flexibility index (Phi) is 2.77. The molecule has 1 heterocycles. The standard InChI is InChI=1S/C13H24N2O/c1-4-13(3)7-10(13)11(16)15-6-5-12(2,8-14)9-15/h10H,4-9,14H2,1-3H3.